The van der Waals surface area contributed by atoms with Gasteiger partial charge < -0.3 is 5.32 Å². The molecule has 4 nitrogen and oxygen atoms in total. The van der Waals surface area contributed by atoms with Crippen molar-refractivity contribution in [2.24, 2.45) is 0 Å². The van der Waals surface area contributed by atoms with E-state index in [1.54, 1.807) is 19.1 Å². The molecule has 2 aliphatic rings. The summed E-state index contributed by atoms with van der Waals surface area (Å²) in [5.74, 6) is -0.156. The Morgan fingerprint density at radius 3 is 2.58 bits per heavy atom. The molecule has 1 amide bonds. The molecule has 1 aliphatic heterocycles. The Morgan fingerprint density at radius 1 is 1.21 bits per heavy atom. The lowest BCUT2D eigenvalue weighted by molar-refractivity contribution is -0.122. The van der Waals surface area contributed by atoms with Crippen LogP contribution in [0.3, 0.4) is 0 Å². The van der Waals surface area contributed by atoms with Gasteiger partial charge in [0.25, 0.3) is 0 Å². The number of hydrogen-bond donors (Lipinski definition) is 1. The molecule has 2 fully saturated rings. The Hall–Kier alpha value is -1.46. The average Bonchev–Trinajstić information content (AvgIpc) is 3.11. The molecular formula is C19H28FN3O. The number of hydrogen-bond acceptors (Lipinski definition) is 3. The van der Waals surface area contributed by atoms with Gasteiger partial charge in [0.2, 0.25) is 5.91 Å². The molecule has 1 aliphatic carbocycles. The van der Waals surface area contributed by atoms with E-state index in [1.165, 1.54) is 31.7 Å². The number of halogens is 1. The molecule has 1 aromatic carbocycles. The number of carbonyl (C=O) groups excluding carboxylic acids is 1. The minimum atomic E-state index is -0.204. The van der Waals surface area contributed by atoms with Crippen molar-refractivity contribution in [2.75, 3.05) is 32.7 Å². The van der Waals surface area contributed by atoms with Crippen LogP contribution in [0, 0.1) is 12.7 Å². The average molecular weight is 333 g/mol. The summed E-state index contributed by atoms with van der Waals surface area (Å²) >= 11 is 0. The number of aryl methyl sites for hydroxylation is 1. The van der Waals surface area contributed by atoms with Gasteiger partial charge in [-0.3, -0.25) is 14.6 Å². The summed E-state index contributed by atoms with van der Waals surface area (Å²) in [7, 11) is 0. The zero-order valence-electron chi connectivity index (χ0n) is 14.6. The lowest BCUT2D eigenvalue weighted by Gasteiger charge is -2.37. The fraction of sp³-hybridized carbons (Fsp3) is 0.632. The molecule has 0 spiro atoms. The second-order valence-corrected chi connectivity index (χ2v) is 7.11. The number of nitrogens with zero attached hydrogens (tertiary/aromatic N) is 2. The van der Waals surface area contributed by atoms with Gasteiger partial charge >= 0.3 is 0 Å². The first kappa shape index (κ1) is 17.4. The predicted molar refractivity (Wildman–Crippen MR) is 93.3 cm³/mol. The molecule has 0 bridgehead atoms. The van der Waals surface area contributed by atoms with Crippen LogP contribution in [0.25, 0.3) is 0 Å². The minimum Gasteiger partial charge on any atom is -0.351 e. The van der Waals surface area contributed by atoms with E-state index in [1.807, 2.05) is 0 Å². The number of carbonyl (C=O) groups is 1. The second-order valence-electron chi connectivity index (χ2n) is 7.11. The van der Waals surface area contributed by atoms with Crippen LogP contribution in [-0.2, 0) is 11.3 Å². The van der Waals surface area contributed by atoms with Gasteiger partial charge in [-0.25, -0.2) is 4.39 Å². The van der Waals surface area contributed by atoms with Crippen LogP contribution < -0.4 is 5.32 Å². The van der Waals surface area contributed by atoms with Crippen molar-refractivity contribution in [3.05, 3.63) is 35.1 Å². The monoisotopic (exact) mass is 333 g/mol. The fourth-order valence-electron chi connectivity index (χ4n) is 3.83. The van der Waals surface area contributed by atoms with E-state index in [-0.39, 0.29) is 11.7 Å². The topological polar surface area (TPSA) is 35.6 Å². The number of benzene rings is 1. The molecule has 0 atom stereocenters. The van der Waals surface area contributed by atoms with Crippen molar-refractivity contribution >= 4 is 5.91 Å². The summed E-state index contributed by atoms with van der Waals surface area (Å²) in [6.07, 6.45) is 5.43. The van der Waals surface area contributed by atoms with Crippen LogP contribution in [0.2, 0.25) is 0 Å². The van der Waals surface area contributed by atoms with Gasteiger partial charge in [0.15, 0.2) is 0 Å². The molecule has 1 saturated heterocycles. The van der Waals surface area contributed by atoms with Crippen molar-refractivity contribution in [2.45, 2.75) is 45.2 Å². The third-order valence-corrected chi connectivity index (χ3v) is 5.33. The van der Waals surface area contributed by atoms with Gasteiger partial charge in [0, 0.05) is 38.8 Å². The summed E-state index contributed by atoms with van der Waals surface area (Å²) in [6, 6.07) is 5.75. The summed E-state index contributed by atoms with van der Waals surface area (Å²) in [6.45, 7) is 6.76. The van der Waals surface area contributed by atoms with Crippen LogP contribution in [0.1, 0.15) is 36.8 Å². The maximum absolute atomic E-state index is 13.3. The van der Waals surface area contributed by atoms with Gasteiger partial charge in [0.1, 0.15) is 5.82 Å². The normalized spacial score (nSPS) is 20.4. The Kier molecular flexibility index (Phi) is 5.85. The summed E-state index contributed by atoms with van der Waals surface area (Å²) in [5.41, 5.74) is 1.55. The van der Waals surface area contributed by atoms with E-state index in [2.05, 4.69) is 15.1 Å². The van der Waals surface area contributed by atoms with Gasteiger partial charge in [-0.05, 0) is 37.0 Å². The molecule has 1 heterocycles. The molecule has 0 unspecified atom stereocenters. The molecule has 3 rings (SSSR count). The zero-order valence-corrected chi connectivity index (χ0v) is 14.6. The standard InChI is InChI=1S/C19H28FN3O/c1-15-12-16(6-7-18(15)20)13-21-19(24)14-22-8-10-23(11-9-22)17-4-2-3-5-17/h6-7,12,17H,2-5,8-11,13-14H2,1H3,(H,21,24). The highest BCUT2D eigenvalue weighted by atomic mass is 19.1. The molecule has 132 valence electrons. The first-order chi connectivity index (χ1) is 11.6. The summed E-state index contributed by atoms with van der Waals surface area (Å²) < 4.78 is 13.3. The van der Waals surface area contributed by atoms with Gasteiger partial charge in [-0.15, -0.1) is 0 Å². The SMILES string of the molecule is Cc1cc(CNC(=O)CN2CCN(C3CCCC3)CC2)ccc1F. The quantitative estimate of drug-likeness (QED) is 0.898. The third-order valence-electron chi connectivity index (χ3n) is 5.33. The van der Waals surface area contributed by atoms with Gasteiger partial charge in [-0.2, -0.15) is 0 Å². The van der Waals surface area contributed by atoms with Crippen LogP contribution in [0.15, 0.2) is 18.2 Å². The van der Waals surface area contributed by atoms with Crippen molar-refractivity contribution in [1.82, 2.24) is 15.1 Å². The van der Waals surface area contributed by atoms with Crippen LogP contribution >= 0.6 is 0 Å². The van der Waals surface area contributed by atoms with Crippen LogP contribution in [0.4, 0.5) is 4.39 Å². The summed E-state index contributed by atoms with van der Waals surface area (Å²) in [4.78, 5) is 17.0. The Morgan fingerprint density at radius 2 is 1.92 bits per heavy atom. The maximum Gasteiger partial charge on any atom is 0.234 e. The largest absolute Gasteiger partial charge is 0.351 e. The van der Waals surface area contributed by atoms with E-state index >= 15 is 0 Å². The number of amides is 1. The van der Waals surface area contributed by atoms with E-state index in [0.29, 0.717) is 18.7 Å². The van der Waals surface area contributed by atoms with Gasteiger partial charge in [0.05, 0.1) is 6.54 Å². The van der Waals surface area contributed by atoms with E-state index < -0.39 is 0 Å². The Bertz CT molecular complexity index is 564. The molecular weight excluding hydrogens is 305 g/mol. The van der Waals surface area contributed by atoms with Crippen LogP contribution in [0.5, 0.6) is 0 Å². The molecule has 1 aromatic rings. The number of piperazine rings is 1. The van der Waals surface area contributed by atoms with Crippen molar-refractivity contribution in [1.29, 1.82) is 0 Å². The smallest absolute Gasteiger partial charge is 0.234 e. The molecule has 24 heavy (non-hydrogen) atoms. The Balaban J connectivity index is 1.38. The highest BCUT2D eigenvalue weighted by Crippen LogP contribution is 2.24. The maximum atomic E-state index is 13.3. The van der Waals surface area contributed by atoms with Crippen molar-refractivity contribution in [3.8, 4) is 0 Å². The van der Waals surface area contributed by atoms with E-state index in [4.69, 9.17) is 0 Å². The number of nitrogens with one attached hydrogen (secondary N) is 1. The molecule has 1 saturated carbocycles. The third kappa shape index (κ3) is 4.54. The van der Waals surface area contributed by atoms with Gasteiger partial charge in [-0.1, -0.05) is 25.0 Å². The highest BCUT2D eigenvalue weighted by molar-refractivity contribution is 5.78. The minimum absolute atomic E-state index is 0.0475. The van der Waals surface area contributed by atoms with E-state index in [0.717, 1.165) is 37.8 Å². The first-order valence-corrected chi connectivity index (χ1v) is 9.10. The van der Waals surface area contributed by atoms with Crippen LogP contribution in [-0.4, -0.2) is 54.5 Å². The van der Waals surface area contributed by atoms with Crippen molar-refractivity contribution in [3.63, 3.8) is 0 Å². The van der Waals surface area contributed by atoms with Crippen molar-refractivity contribution < 1.29 is 9.18 Å². The number of rotatable bonds is 5. The zero-order chi connectivity index (χ0) is 16.9. The predicted octanol–water partition coefficient (Wildman–Crippen LogP) is 2.31. The summed E-state index contributed by atoms with van der Waals surface area (Å²) in [5, 5.41) is 2.94. The molecule has 0 aromatic heterocycles. The lowest BCUT2D eigenvalue weighted by Crippen LogP contribution is -2.51. The first-order valence-electron chi connectivity index (χ1n) is 9.10. The lowest BCUT2D eigenvalue weighted by atomic mass is 10.1. The molecule has 0 radical (unpaired) electrons. The van der Waals surface area contributed by atoms with E-state index in [9.17, 15) is 9.18 Å². The fourth-order valence-corrected chi connectivity index (χ4v) is 3.83. The Labute approximate surface area is 144 Å². The molecule has 5 heteroatoms. The molecule has 1 N–H and O–H groups in total. The second kappa shape index (κ2) is 8.08. The highest BCUT2D eigenvalue weighted by Gasteiger charge is 2.26.